The highest BCUT2D eigenvalue weighted by Crippen LogP contribution is 2.03. The summed E-state index contributed by atoms with van der Waals surface area (Å²) in [7, 11) is 0. The first-order valence-corrected chi connectivity index (χ1v) is 5.17. The van der Waals surface area contributed by atoms with E-state index in [0.29, 0.717) is 6.54 Å². The zero-order valence-electron chi connectivity index (χ0n) is 7.76. The lowest BCUT2D eigenvalue weighted by molar-refractivity contribution is -0.120. The summed E-state index contributed by atoms with van der Waals surface area (Å²) in [6.07, 6.45) is 0. The first kappa shape index (κ1) is 11.2. The maximum Gasteiger partial charge on any atom is 0.233 e. The van der Waals surface area contributed by atoms with Crippen molar-refractivity contribution in [2.24, 2.45) is 0 Å². The van der Waals surface area contributed by atoms with E-state index in [-0.39, 0.29) is 16.6 Å². The first-order chi connectivity index (χ1) is 6.59. The molecule has 0 aliphatic heterocycles. The molecule has 2 nitrogen and oxygen atoms in total. The molecule has 0 heterocycles. The van der Waals surface area contributed by atoms with Crippen molar-refractivity contribution in [1.29, 1.82) is 0 Å². The molecule has 0 aromatic heterocycles. The van der Waals surface area contributed by atoms with Crippen molar-refractivity contribution in [3.8, 4) is 0 Å². The van der Waals surface area contributed by atoms with Crippen LogP contribution in [0.3, 0.4) is 0 Å². The van der Waals surface area contributed by atoms with Gasteiger partial charge in [0.25, 0.3) is 0 Å². The van der Waals surface area contributed by atoms with E-state index in [1.807, 2.05) is 0 Å². The monoisotopic (exact) mass is 259 g/mol. The van der Waals surface area contributed by atoms with Gasteiger partial charge in [-0.1, -0.05) is 28.1 Å². The van der Waals surface area contributed by atoms with Crippen LogP contribution in [0.15, 0.2) is 24.3 Å². The van der Waals surface area contributed by atoms with Crippen LogP contribution < -0.4 is 5.32 Å². The Kier molecular flexibility index (Phi) is 4.07. The third kappa shape index (κ3) is 3.46. The SMILES string of the molecule is C[C@@H](Br)C(=O)NCc1ccc(F)cc1. The fourth-order valence-corrected chi connectivity index (χ4v) is 1.09. The van der Waals surface area contributed by atoms with Gasteiger partial charge in [-0.15, -0.1) is 0 Å². The van der Waals surface area contributed by atoms with Crippen molar-refractivity contribution in [1.82, 2.24) is 5.32 Å². The molecular weight excluding hydrogens is 249 g/mol. The first-order valence-electron chi connectivity index (χ1n) is 4.26. The molecule has 0 spiro atoms. The summed E-state index contributed by atoms with van der Waals surface area (Å²) < 4.78 is 12.5. The van der Waals surface area contributed by atoms with Crippen molar-refractivity contribution < 1.29 is 9.18 Å². The van der Waals surface area contributed by atoms with Crippen LogP contribution in [-0.2, 0) is 11.3 Å². The number of carbonyl (C=O) groups excluding carboxylic acids is 1. The molecule has 0 aliphatic rings. The van der Waals surface area contributed by atoms with Gasteiger partial charge >= 0.3 is 0 Å². The van der Waals surface area contributed by atoms with Crippen LogP contribution in [0.1, 0.15) is 12.5 Å². The van der Waals surface area contributed by atoms with Gasteiger partial charge in [-0.05, 0) is 24.6 Å². The summed E-state index contributed by atoms with van der Waals surface area (Å²) in [6.45, 7) is 2.18. The third-order valence-electron chi connectivity index (χ3n) is 1.74. The Labute approximate surface area is 90.6 Å². The highest BCUT2D eigenvalue weighted by Gasteiger charge is 2.06. The smallest absolute Gasteiger partial charge is 0.233 e. The van der Waals surface area contributed by atoms with Crippen LogP contribution in [0.5, 0.6) is 0 Å². The van der Waals surface area contributed by atoms with E-state index in [2.05, 4.69) is 21.2 Å². The van der Waals surface area contributed by atoms with Gasteiger partial charge in [0.15, 0.2) is 0 Å². The Morgan fingerprint density at radius 1 is 1.50 bits per heavy atom. The highest BCUT2D eigenvalue weighted by molar-refractivity contribution is 9.10. The van der Waals surface area contributed by atoms with Gasteiger partial charge in [-0.2, -0.15) is 0 Å². The fraction of sp³-hybridized carbons (Fsp3) is 0.300. The molecule has 1 amide bonds. The number of hydrogen-bond donors (Lipinski definition) is 1. The molecule has 0 fully saturated rings. The Bertz CT molecular complexity index is 310. The van der Waals surface area contributed by atoms with Gasteiger partial charge in [-0.25, -0.2) is 4.39 Å². The Hall–Kier alpha value is -0.900. The van der Waals surface area contributed by atoms with Crippen molar-refractivity contribution in [2.75, 3.05) is 0 Å². The summed E-state index contributed by atoms with van der Waals surface area (Å²) in [5.41, 5.74) is 0.882. The molecule has 1 rings (SSSR count). The summed E-state index contributed by atoms with van der Waals surface area (Å²) in [5.74, 6) is -0.344. The lowest BCUT2D eigenvalue weighted by atomic mass is 10.2. The van der Waals surface area contributed by atoms with Crippen LogP contribution in [0, 0.1) is 5.82 Å². The maximum absolute atomic E-state index is 12.5. The van der Waals surface area contributed by atoms with Crippen LogP contribution in [0.25, 0.3) is 0 Å². The Balaban J connectivity index is 2.46. The fourth-order valence-electron chi connectivity index (χ4n) is 0.932. The van der Waals surface area contributed by atoms with E-state index in [1.165, 1.54) is 12.1 Å². The Morgan fingerprint density at radius 2 is 2.07 bits per heavy atom. The number of rotatable bonds is 3. The summed E-state index contributed by atoms with van der Waals surface area (Å²) in [4.78, 5) is 10.9. The lowest BCUT2D eigenvalue weighted by Crippen LogP contribution is -2.28. The minimum absolute atomic E-state index is 0.0747. The van der Waals surface area contributed by atoms with E-state index in [4.69, 9.17) is 0 Å². The molecule has 0 aliphatic carbocycles. The van der Waals surface area contributed by atoms with Gasteiger partial charge in [0, 0.05) is 6.54 Å². The Morgan fingerprint density at radius 3 is 2.57 bits per heavy atom. The summed E-state index contributed by atoms with van der Waals surface area (Å²) in [6, 6.07) is 6.04. The number of nitrogens with one attached hydrogen (secondary N) is 1. The molecule has 76 valence electrons. The van der Waals surface area contributed by atoms with Crippen molar-refractivity contribution >= 4 is 21.8 Å². The molecule has 14 heavy (non-hydrogen) atoms. The summed E-state index contributed by atoms with van der Waals surface area (Å²) >= 11 is 3.15. The van der Waals surface area contributed by atoms with Gasteiger partial charge in [0.2, 0.25) is 5.91 Å². The molecule has 1 N–H and O–H groups in total. The summed E-state index contributed by atoms with van der Waals surface area (Å²) in [5, 5.41) is 2.71. The molecule has 0 saturated carbocycles. The van der Waals surface area contributed by atoms with E-state index in [9.17, 15) is 9.18 Å². The zero-order valence-corrected chi connectivity index (χ0v) is 9.34. The second kappa shape index (κ2) is 5.10. The van der Waals surface area contributed by atoms with Gasteiger partial charge < -0.3 is 5.32 Å². The van der Waals surface area contributed by atoms with Crippen molar-refractivity contribution in [3.63, 3.8) is 0 Å². The standard InChI is InChI=1S/C10H11BrFNO/c1-7(11)10(14)13-6-8-2-4-9(12)5-3-8/h2-5,7H,6H2,1H3,(H,13,14)/t7-/m1/s1. The largest absolute Gasteiger partial charge is 0.351 e. The molecule has 1 atom stereocenters. The topological polar surface area (TPSA) is 29.1 Å². The molecule has 0 radical (unpaired) electrons. The number of hydrogen-bond acceptors (Lipinski definition) is 1. The van der Waals surface area contributed by atoms with Crippen LogP contribution in [0.4, 0.5) is 4.39 Å². The van der Waals surface area contributed by atoms with E-state index in [1.54, 1.807) is 19.1 Å². The quantitative estimate of drug-likeness (QED) is 0.829. The van der Waals surface area contributed by atoms with E-state index < -0.39 is 0 Å². The van der Waals surface area contributed by atoms with Gasteiger partial charge in [-0.3, -0.25) is 4.79 Å². The second-order valence-electron chi connectivity index (χ2n) is 2.96. The van der Waals surface area contributed by atoms with Gasteiger partial charge in [0.05, 0.1) is 4.83 Å². The minimum Gasteiger partial charge on any atom is -0.351 e. The van der Waals surface area contributed by atoms with Crippen LogP contribution in [0.2, 0.25) is 0 Å². The molecule has 0 unspecified atom stereocenters. The van der Waals surface area contributed by atoms with Crippen molar-refractivity contribution in [3.05, 3.63) is 35.6 Å². The van der Waals surface area contributed by atoms with Crippen molar-refractivity contribution in [2.45, 2.75) is 18.3 Å². The lowest BCUT2D eigenvalue weighted by Gasteiger charge is -2.06. The highest BCUT2D eigenvalue weighted by atomic mass is 79.9. The van der Waals surface area contributed by atoms with Gasteiger partial charge in [0.1, 0.15) is 5.82 Å². The molecule has 4 heteroatoms. The normalized spacial score (nSPS) is 12.2. The van der Waals surface area contributed by atoms with Crippen LogP contribution >= 0.6 is 15.9 Å². The third-order valence-corrected chi connectivity index (χ3v) is 2.16. The molecule has 0 bridgehead atoms. The van der Waals surface area contributed by atoms with Crippen LogP contribution in [-0.4, -0.2) is 10.7 Å². The molecule has 1 aromatic carbocycles. The van der Waals surface area contributed by atoms with E-state index >= 15 is 0 Å². The second-order valence-corrected chi connectivity index (χ2v) is 4.33. The number of carbonyl (C=O) groups is 1. The predicted molar refractivity (Wildman–Crippen MR) is 56.6 cm³/mol. The molecule has 1 aromatic rings. The number of halogens is 2. The maximum atomic E-state index is 12.5. The predicted octanol–water partition coefficient (Wildman–Crippen LogP) is 2.23. The molecule has 0 saturated heterocycles. The zero-order chi connectivity index (χ0) is 10.6. The number of alkyl halides is 1. The average molecular weight is 260 g/mol. The minimum atomic E-state index is -0.270. The van der Waals surface area contributed by atoms with E-state index in [0.717, 1.165) is 5.56 Å². The number of amides is 1. The average Bonchev–Trinajstić information content (AvgIpc) is 2.16. The number of benzene rings is 1. The molecular formula is C10H11BrFNO.